The minimum atomic E-state index is -0.263. The van der Waals surface area contributed by atoms with Crippen LogP contribution >= 0.6 is 23.2 Å². The molecule has 0 spiro atoms. The maximum atomic E-state index is 12.3. The van der Waals surface area contributed by atoms with Crippen molar-refractivity contribution in [2.45, 2.75) is 6.54 Å². The second-order valence-corrected chi connectivity index (χ2v) is 6.78. The van der Waals surface area contributed by atoms with Crippen LogP contribution in [-0.2, 0) is 6.54 Å². The fourth-order valence-corrected chi connectivity index (χ4v) is 3.25. The second-order valence-electron chi connectivity index (χ2n) is 5.93. The predicted octanol–water partition coefficient (Wildman–Crippen LogP) is 4.66. The number of carbonyl (C=O) groups excluding carboxylic acids is 1. The van der Waals surface area contributed by atoms with Crippen molar-refractivity contribution in [3.63, 3.8) is 0 Å². The predicted molar refractivity (Wildman–Crippen MR) is 106 cm³/mol. The first-order valence-corrected chi connectivity index (χ1v) is 8.98. The van der Waals surface area contributed by atoms with E-state index in [2.05, 4.69) is 15.3 Å². The Morgan fingerprint density at radius 2 is 1.89 bits per heavy atom. The third kappa shape index (κ3) is 3.65. The standard InChI is InChI=1S/C20H14Cl2N4O/c21-14-6-7-15(16(22)9-14)20(27)24-11-13-5-8-19(23-10-13)26-12-25-17-3-1-2-4-18(17)26/h1-10,12H,11H2,(H,24,27). The Morgan fingerprint density at radius 1 is 1.04 bits per heavy atom. The monoisotopic (exact) mass is 396 g/mol. The van der Waals surface area contributed by atoms with Crippen LogP contribution in [0.3, 0.4) is 0 Å². The summed E-state index contributed by atoms with van der Waals surface area (Å²) in [7, 11) is 0. The number of nitrogens with zero attached hydrogens (tertiary/aromatic N) is 3. The van der Waals surface area contributed by atoms with Gasteiger partial charge < -0.3 is 5.32 Å². The minimum Gasteiger partial charge on any atom is -0.348 e. The van der Waals surface area contributed by atoms with Crippen molar-refractivity contribution in [1.29, 1.82) is 0 Å². The highest BCUT2D eigenvalue weighted by Crippen LogP contribution is 2.21. The van der Waals surface area contributed by atoms with E-state index in [1.165, 1.54) is 0 Å². The van der Waals surface area contributed by atoms with Crippen LogP contribution in [0.15, 0.2) is 67.1 Å². The van der Waals surface area contributed by atoms with Crippen LogP contribution in [0.2, 0.25) is 10.0 Å². The van der Waals surface area contributed by atoms with E-state index < -0.39 is 0 Å². The van der Waals surface area contributed by atoms with Gasteiger partial charge in [-0.3, -0.25) is 9.36 Å². The molecule has 7 heteroatoms. The number of para-hydroxylation sites is 2. The summed E-state index contributed by atoms with van der Waals surface area (Å²) < 4.78 is 1.92. The molecular formula is C20H14Cl2N4O. The first kappa shape index (κ1) is 17.5. The van der Waals surface area contributed by atoms with Crippen LogP contribution in [0.25, 0.3) is 16.9 Å². The molecule has 4 aromatic rings. The molecule has 134 valence electrons. The molecule has 0 saturated heterocycles. The number of halogens is 2. The Balaban J connectivity index is 1.47. The van der Waals surface area contributed by atoms with E-state index in [4.69, 9.17) is 23.2 Å². The third-order valence-electron chi connectivity index (χ3n) is 4.14. The quantitative estimate of drug-likeness (QED) is 0.545. The molecule has 0 saturated carbocycles. The number of hydrogen-bond acceptors (Lipinski definition) is 3. The zero-order chi connectivity index (χ0) is 18.8. The van der Waals surface area contributed by atoms with E-state index in [0.717, 1.165) is 22.4 Å². The highest BCUT2D eigenvalue weighted by atomic mass is 35.5. The van der Waals surface area contributed by atoms with Crippen LogP contribution in [0.4, 0.5) is 0 Å². The van der Waals surface area contributed by atoms with Crippen LogP contribution in [-0.4, -0.2) is 20.4 Å². The molecule has 2 aromatic carbocycles. The molecule has 2 heterocycles. The second kappa shape index (κ2) is 7.39. The zero-order valence-electron chi connectivity index (χ0n) is 14.1. The van der Waals surface area contributed by atoms with Crippen molar-refractivity contribution in [3.05, 3.63) is 88.3 Å². The number of amides is 1. The molecular weight excluding hydrogens is 383 g/mol. The number of hydrogen-bond donors (Lipinski definition) is 1. The van der Waals surface area contributed by atoms with Gasteiger partial charge in [0.2, 0.25) is 0 Å². The van der Waals surface area contributed by atoms with E-state index in [9.17, 15) is 4.79 Å². The van der Waals surface area contributed by atoms with Crippen LogP contribution in [0.1, 0.15) is 15.9 Å². The molecule has 0 aliphatic carbocycles. The number of fused-ring (bicyclic) bond motifs is 1. The van der Waals surface area contributed by atoms with Crippen molar-refractivity contribution in [2.75, 3.05) is 0 Å². The third-order valence-corrected chi connectivity index (χ3v) is 4.69. The van der Waals surface area contributed by atoms with E-state index >= 15 is 0 Å². The maximum absolute atomic E-state index is 12.3. The lowest BCUT2D eigenvalue weighted by Gasteiger charge is -2.08. The Hall–Kier alpha value is -2.89. The number of benzene rings is 2. The lowest BCUT2D eigenvalue weighted by molar-refractivity contribution is 0.0951. The summed E-state index contributed by atoms with van der Waals surface area (Å²) in [4.78, 5) is 21.1. The largest absolute Gasteiger partial charge is 0.348 e. The van der Waals surface area contributed by atoms with Gasteiger partial charge in [0.15, 0.2) is 0 Å². The molecule has 4 rings (SSSR count). The average molecular weight is 397 g/mol. The molecule has 1 N–H and O–H groups in total. The molecule has 0 aliphatic rings. The number of carbonyl (C=O) groups is 1. The molecule has 2 aromatic heterocycles. The van der Waals surface area contributed by atoms with Gasteiger partial charge in [-0.25, -0.2) is 9.97 Å². The lowest BCUT2D eigenvalue weighted by atomic mass is 10.2. The number of nitrogens with one attached hydrogen (secondary N) is 1. The molecule has 1 amide bonds. The van der Waals surface area contributed by atoms with Crippen LogP contribution in [0, 0.1) is 0 Å². The molecule has 5 nitrogen and oxygen atoms in total. The van der Waals surface area contributed by atoms with Gasteiger partial charge in [0.25, 0.3) is 5.91 Å². The van der Waals surface area contributed by atoms with Gasteiger partial charge in [-0.15, -0.1) is 0 Å². The number of rotatable bonds is 4. The van der Waals surface area contributed by atoms with Gasteiger partial charge in [-0.2, -0.15) is 0 Å². The van der Waals surface area contributed by atoms with Gasteiger partial charge in [0.1, 0.15) is 12.1 Å². The van der Waals surface area contributed by atoms with E-state index in [0.29, 0.717) is 22.2 Å². The number of imidazole rings is 1. The average Bonchev–Trinajstić information content (AvgIpc) is 3.11. The molecule has 0 atom stereocenters. The van der Waals surface area contributed by atoms with E-state index in [1.807, 2.05) is 41.0 Å². The summed E-state index contributed by atoms with van der Waals surface area (Å²) in [5.41, 5.74) is 3.16. The Labute approximate surface area is 165 Å². The zero-order valence-corrected chi connectivity index (χ0v) is 15.6. The smallest absolute Gasteiger partial charge is 0.253 e. The lowest BCUT2D eigenvalue weighted by Crippen LogP contribution is -2.23. The van der Waals surface area contributed by atoms with Gasteiger partial charge in [0.05, 0.1) is 21.6 Å². The molecule has 0 unspecified atom stereocenters. The minimum absolute atomic E-state index is 0.263. The summed E-state index contributed by atoms with van der Waals surface area (Å²) in [6.45, 7) is 0.343. The Kier molecular flexibility index (Phi) is 4.79. The Bertz CT molecular complexity index is 1120. The first-order chi connectivity index (χ1) is 13.1. The number of aromatic nitrogens is 3. The molecule has 27 heavy (non-hydrogen) atoms. The fraction of sp³-hybridized carbons (Fsp3) is 0.0500. The molecule has 0 radical (unpaired) electrons. The summed E-state index contributed by atoms with van der Waals surface area (Å²) >= 11 is 11.9. The van der Waals surface area contributed by atoms with Crippen molar-refractivity contribution in [1.82, 2.24) is 19.9 Å². The highest BCUT2D eigenvalue weighted by molar-refractivity contribution is 6.36. The summed E-state index contributed by atoms with van der Waals surface area (Å²) in [5.74, 6) is 0.501. The SMILES string of the molecule is O=C(NCc1ccc(-n2cnc3ccccc32)nc1)c1ccc(Cl)cc1Cl. The summed E-state index contributed by atoms with van der Waals surface area (Å²) in [5, 5.41) is 3.64. The van der Waals surface area contributed by atoms with Gasteiger partial charge in [0, 0.05) is 17.8 Å². The summed E-state index contributed by atoms with van der Waals surface area (Å²) in [6, 6.07) is 16.5. The van der Waals surface area contributed by atoms with Crippen LogP contribution < -0.4 is 5.32 Å². The first-order valence-electron chi connectivity index (χ1n) is 8.22. The van der Waals surface area contributed by atoms with Gasteiger partial charge >= 0.3 is 0 Å². The molecule has 0 bridgehead atoms. The van der Waals surface area contributed by atoms with Crippen molar-refractivity contribution < 1.29 is 4.79 Å². The molecule has 0 fully saturated rings. The number of pyridine rings is 1. The highest BCUT2D eigenvalue weighted by Gasteiger charge is 2.11. The maximum Gasteiger partial charge on any atom is 0.253 e. The summed E-state index contributed by atoms with van der Waals surface area (Å²) in [6.07, 6.45) is 3.48. The van der Waals surface area contributed by atoms with Crippen molar-refractivity contribution in [2.24, 2.45) is 0 Å². The van der Waals surface area contributed by atoms with E-state index in [1.54, 1.807) is 30.7 Å². The normalized spacial score (nSPS) is 10.9. The van der Waals surface area contributed by atoms with Gasteiger partial charge in [-0.1, -0.05) is 41.4 Å². The fourth-order valence-electron chi connectivity index (χ4n) is 2.76. The Morgan fingerprint density at radius 3 is 2.67 bits per heavy atom. The van der Waals surface area contributed by atoms with Crippen molar-refractivity contribution >= 4 is 40.1 Å². The van der Waals surface area contributed by atoms with E-state index in [-0.39, 0.29) is 5.91 Å². The topological polar surface area (TPSA) is 59.8 Å². The van der Waals surface area contributed by atoms with Gasteiger partial charge in [-0.05, 0) is 42.0 Å². The van der Waals surface area contributed by atoms with Crippen LogP contribution in [0.5, 0.6) is 0 Å². The molecule has 0 aliphatic heterocycles. The van der Waals surface area contributed by atoms with Crippen molar-refractivity contribution in [3.8, 4) is 5.82 Å².